The van der Waals surface area contributed by atoms with Gasteiger partial charge < -0.3 is 14.5 Å². The molecule has 8 nitrogen and oxygen atoms in total. The van der Waals surface area contributed by atoms with Gasteiger partial charge in [-0.05, 0) is 56.0 Å². The molecule has 1 amide bonds. The Kier molecular flexibility index (Phi) is 6.58. The molecule has 3 aromatic rings. The van der Waals surface area contributed by atoms with Gasteiger partial charge in [-0.15, -0.1) is 0 Å². The fourth-order valence-electron chi connectivity index (χ4n) is 4.03. The van der Waals surface area contributed by atoms with Crippen molar-refractivity contribution in [3.8, 4) is 17.0 Å². The van der Waals surface area contributed by atoms with Gasteiger partial charge in [0.25, 0.3) is 5.91 Å². The Labute approximate surface area is 188 Å². The molecule has 1 fully saturated rings. The minimum Gasteiger partial charge on any atom is -0.477 e. The molecular weight excluding hydrogens is 404 g/mol. The summed E-state index contributed by atoms with van der Waals surface area (Å²) in [6.45, 7) is 2.99. The molecule has 1 atom stereocenters. The normalized spacial score (nSPS) is 16.0. The van der Waals surface area contributed by atoms with E-state index in [0.717, 1.165) is 36.1 Å². The number of carbonyl (C=O) groups is 1. The van der Waals surface area contributed by atoms with Crippen LogP contribution in [0.3, 0.4) is 0 Å². The van der Waals surface area contributed by atoms with Crippen molar-refractivity contribution in [2.75, 3.05) is 32.1 Å². The average molecular weight is 433 g/mol. The number of rotatable bonds is 6. The first-order valence-electron chi connectivity index (χ1n) is 10.9. The van der Waals surface area contributed by atoms with Crippen LogP contribution in [0.15, 0.2) is 49.1 Å². The van der Waals surface area contributed by atoms with Gasteiger partial charge in [-0.25, -0.2) is 15.0 Å². The Morgan fingerprint density at radius 2 is 1.97 bits per heavy atom. The van der Waals surface area contributed by atoms with E-state index in [2.05, 4.69) is 15.0 Å². The van der Waals surface area contributed by atoms with E-state index in [1.54, 1.807) is 30.7 Å². The van der Waals surface area contributed by atoms with Crippen LogP contribution in [-0.2, 0) is 0 Å². The maximum Gasteiger partial charge on any atom is 0.259 e. The number of ether oxygens (including phenoxy) is 1. The van der Waals surface area contributed by atoms with Gasteiger partial charge in [0.15, 0.2) is 0 Å². The standard InChI is InChI=1S/C24H28N6O2/c1-4-32-22-18(8-7-12-26-22)23(31)30-15-6-5-9-20(30)21-19(17-10-13-25-14-11-17)16-27-24(28-21)29(2)3/h7-8,10-14,16,20H,4-6,9,15H2,1-3H3/t20-/m1/s1. The van der Waals surface area contributed by atoms with Crippen LogP contribution < -0.4 is 9.64 Å². The third-order valence-corrected chi connectivity index (χ3v) is 5.56. The van der Waals surface area contributed by atoms with Crippen LogP contribution >= 0.6 is 0 Å². The minimum absolute atomic E-state index is 0.0862. The lowest BCUT2D eigenvalue weighted by atomic mass is 9.93. The van der Waals surface area contributed by atoms with Gasteiger partial charge in [-0.1, -0.05) is 0 Å². The maximum atomic E-state index is 13.7. The Morgan fingerprint density at radius 3 is 2.72 bits per heavy atom. The lowest BCUT2D eigenvalue weighted by Gasteiger charge is -2.36. The number of piperidine rings is 1. The summed E-state index contributed by atoms with van der Waals surface area (Å²) in [5.41, 5.74) is 3.23. The molecule has 3 aromatic heterocycles. The second kappa shape index (κ2) is 9.72. The Bertz CT molecular complexity index is 1070. The average Bonchev–Trinajstić information content (AvgIpc) is 2.84. The van der Waals surface area contributed by atoms with Crippen LogP contribution in [0.1, 0.15) is 48.3 Å². The van der Waals surface area contributed by atoms with E-state index < -0.39 is 0 Å². The second-order valence-corrected chi connectivity index (χ2v) is 7.90. The van der Waals surface area contributed by atoms with Gasteiger partial charge in [0.2, 0.25) is 11.8 Å². The summed E-state index contributed by atoms with van der Waals surface area (Å²) in [5.74, 6) is 0.902. The molecule has 166 valence electrons. The molecule has 8 heteroatoms. The molecular formula is C24H28N6O2. The van der Waals surface area contributed by atoms with Crippen molar-refractivity contribution in [2.45, 2.75) is 32.2 Å². The molecule has 0 aromatic carbocycles. The fraction of sp³-hybridized carbons (Fsp3) is 0.375. The molecule has 0 aliphatic carbocycles. The molecule has 4 heterocycles. The van der Waals surface area contributed by atoms with Crippen LogP contribution in [0.4, 0.5) is 5.95 Å². The first kappa shape index (κ1) is 21.7. The molecule has 1 saturated heterocycles. The first-order chi connectivity index (χ1) is 15.6. The highest BCUT2D eigenvalue weighted by Gasteiger charge is 2.33. The molecule has 1 aliphatic rings. The van der Waals surface area contributed by atoms with E-state index in [1.165, 1.54) is 0 Å². The lowest BCUT2D eigenvalue weighted by molar-refractivity contribution is 0.0601. The maximum absolute atomic E-state index is 13.7. The Hall–Kier alpha value is -3.55. The predicted octanol–water partition coefficient (Wildman–Crippen LogP) is 3.77. The topological polar surface area (TPSA) is 84.3 Å². The van der Waals surface area contributed by atoms with Gasteiger partial charge in [0.05, 0.1) is 18.3 Å². The van der Waals surface area contributed by atoms with E-state index in [-0.39, 0.29) is 11.9 Å². The number of nitrogens with zero attached hydrogens (tertiary/aromatic N) is 6. The third-order valence-electron chi connectivity index (χ3n) is 5.56. The van der Waals surface area contributed by atoms with Crippen molar-refractivity contribution in [3.05, 3.63) is 60.3 Å². The molecule has 0 saturated carbocycles. The van der Waals surface area contributed by atoms with Gasteiger partial charge >= 0.3 is 0 Å². The van der Waals surface area contributed by atoms with Crippen molar-refractivity contribution in [3.63, 3.8) is 0 Å². The number of pyridine rings is 2. The van der Waals surface area contributed by atoms with Crippen LogP contribution in [0, 0.1) is 0 Å². The zero-order valence-electron chi connectivity index (χ0n) is 18.7. The van der Waals surface area contributed by atoms with Crippen molar-refractivity contribution < 1.29 is 9.53 Å². The number of carbonyl (C=O) groups excluding carboxylic acids is 1. The zero-order chi connectivity index (χ0) is 22.5. The molecule has 0 unspecified atom stereocenters. The summed E-state index contributed by atoms with van der Waals surface area (Å²) in [7, 11) is 3.83. The van der Waals surface area contributed by atoms with Crippen molar-refractivity contribution in [1.82, 2.24) is 24.8 Å². The third kappa shape index (κ3) is 4.39. The largest absolute Gasteiger partial charge is 0.477 e. The quantitative estimate of drug-likeness (QED) is 0.586. The summed E-state index contributed by atoms with van der Waals surface area (Å²) >= 11 is 0. The number of aromatic nitrogens is 4. The second-order valence-electron chi connectivity index (χ2n) is 7.90. The summed E-state index contributed by atoms with van der Waals surface area (Å²) < 4.78 is 5.64. The fourth-order valence-corrected chi connectivity index (χ4v) is 4.03. The SMILES string of the molecule is CCOc1ncccc1C(=O)N1CCCC[C@@H]1c1nc(N(C)C)ncc1-c1ccncc1. The van der Waals surface area contributed by atoms with Crippen LogP contribution in [0.5, 0.6) is 5.88 Å². The predicted molar refractivity (Wildman–Crippen MR) is 123 cm³/mol. The molecule has 0 spiro atoms. The van der Waals surface area contributed by atoms with Gasteiger partial charge in [-0.2, -0.15) is 0 Å². The summed E-state index contributed by atoms with van der Waals surface area (Å²) in [4.78, 5) is 35.3. The van der Waals surface area contributed by atoms with Crippen LogP contribution in [0.25, 0.3) is 11.1 Å². The van der Waals surface area contributed by atoms with E-state index >= 15 is 0 Å². The Morgan fingerprint density at radius 1 is 1.16 bits per heavy atom. The van der Waals surface area contributed by atoms with Gasteiger partial charge in [0.1, 0.15) is 5.56 Å². The number of hydrogen-bond donors (Lipinski definition) is 0. The van der Waals surface area contributed by atoms with E-state index in [0.29, 0.717) is 30.5 Å². The molecule has 4 rings (SSSR count). The molecule has 1 aliphatic heterocycles. The highest BCUT2D eigenvalue weighted by atomic mass is 16.5. The molecule has 0 radical (unpaired) electrons. The number of likely N-dealkylation sites (tertiary alicyclic amines) is 1. The van der Waals surface area contributed by atoms with Crippen molar-refractivity contribution in [2.24, 2.45) is 0 Å². The Balaban J connectivity index is 1.79. The minimum atomic E-state index is -0.171. The van der Waals surface area contributed by atoms with Crippen molar-refractivity contribution in [1.29, 1.82) is 0 Å². The number of hydrogen-bond acceptors (Lipinski definition) is 7. The molecule has 32 heavy (non-hydrogen) atoms. The van der Waals surface area contributed by atoms with E-state index in [4.69, 9.17) is 9.72 Å². The molecule has 0 bridgehead atoms. The van der Waals surface area contributed by atoms with Gasteiger partial charge in [-0.3, -0.25) is 9.78 Å². The summed E-state index contributed by atoms with van der Waals surface area (Å²) in [5, 5.41) is 0. The zero-order valence-corrected chi connectivity index (χ0v) is 18.7. The van der Waals surface area contributed by atoms with E-state index in [9.17, 15) is 4.79 Å². The van der Waals surface area contributed by atoms with Crippen molar-refractivity contribution >= 4 is 11.9 Å². The molecule has 0 N–H and O–H groups in total. The highest BCUT2D eigenvalue weighted by Crippen LogP contribution is 2.37. The number of anilines is 1. The number of amides is 1. The first-order valence-corrected chi connectivity index (χ1v) is 10.9. The van der Waals surface area contributed by atoms with Crippen LogP contribution in [-0.4, -0.2) is 58.0 Å². The lowest BCUT2D eigenvalue weighted by Crippen LogP contribution is -2.39. The highest BCUT2D eigenvalue weighted by molar-refractivity contribution is 5.96. The van der Waals surface area contributed by atoms with Gasteiger partial charge in [0, 0.05) is 51.0 Å². The van der Waals surface area contributed by atoms with Crippen LogP contribution in [0.2, 0.25) is 0 Å². The smallest absolute Gasteiger partial charge is 0.259 e. The summed E-state index contributed by atoms with van der Waals surface area (Å²) in [6, 6.07) is 7.27. The van der Waals surface area contributed by atoms with E-state index in [1.807, 2.05) is 49.1 Å². The monoisotopic (exact) mass is 432 g/mol. The summed E-state index contributed by atoms with van der Waals surface area (Å²) in [6.07, 6.45) is 9.81.